The number of benzene rings is 1. The number of hydrogen-bond acceptors (Lipinski definition) is 2. The first-order valence-corrected chi connectivity index (χ1v) is 4.09. The van der Waals surface area contributed by atoms with Crippen molar-refractivity contribution >= 4 is 17.5 Å². The van der Waals surface area contributed by atoms with Crippen molar-refractivity contribution in [2.75, 3.05) is 5.73 Å². The Morgan fingerprint density at radius 3 is 2.62 bits per heavy atom. The number of nitrogens with two attached hydrogens (primary N) is 1. The van der Waals surface area contributed by atoms with Gasteiger partial charge in [-0.2, -0.15) is 0 Å². The van der Waals surface area contributed by atoms with Crippen LogP contribution in [0.2, 0.25) is 0 Å². The third-order valence-electron chi connectivity index (χ3n) is 2.04. The Balaban J connectivity index is 3.36. The minimum atomic E-state index is -0.00351. The molecule has 1 rings (SSSR count). The normalized spacial score (nSPS) is 9.69. The van der Waals surface area contributed by atoms with Gasteiger partial charge in [0, 0.05) is 11.3 Å². The molecule has 0 atom stereocenters. The largest absolute Gasteiger partial charge is 0.398 e. The van der Waals surface area contributed by atoms with Crippen molar-refractivity contribution in [2.24, 2.45) is 0 Å². The highest BCUT2D eigenvalue weighted by Crippen LogP contribution is 2.19. The van der Waals surface area contributed by atoms with Crippen molar-refractivity contribution < 1.29 is 4.79 Å². The molecule has 0 radical (unpaired) electrons. The summed E-state index contributed by atoms with van der Waals surface area (Å²) >= 11 is 0. The lowest BCUT2D eigenvalue weighted by atomic mass is 10.0. The maximum Gasteiger partial charge on any atom is 0.161 e. The molecule has 0 spiro atoms. The van der Waals surface area contributed by atoms with E-state index < -0.39 is 0 Å². The van der Waals surface area contributed by atoms with Crippen LogP contribution in [0.3, 0.4) is 0 Å². The molecule has 13 heavy (non-hydrogen) atoms. The molecule has 0 amide bonds. The van der Waals surface area contributed by atoms with E-state index in [9.17, 15) is 4.79 Å². The molecule has 2 nitrogen and oxygen atoms in total. The van der Waals surface area contributed by atoms with Gasteiger partial charge in [-0.15, -0.1) is 0 Å². The van der Waals surface area contributed by atoms with E-state index in [0.717, 1.165) is 11.1 Å². The van der Waals surface area contributed by atoms with E-state index in [2.05, 4.69) is 6.58 Å². The van der Waals surface area contributed by atoms with Crippen LogP contribution in [0, 0.1) is 6.92 Å². The van der Waals surface area contributed by atoms with Crippen LogP contribution in [0.5, 0.6) is 0 Å². The van der Waals surface area contributed by atoms with Crippen LogP contribution in [0.25, 0.3) is 6.08 Å². The van der Waals surface area contributed by atoms with Gasteiger partial charge in [-0.3, -0.25) is 4.79 Å². The molecule has 0 aliphatic carbocycles. The van der Waals surface area contributed by atoms with E-state index in [-0.39, 0.29) is 5.78 Å². The highest BCUT2D eigenvalue weighted by atomic mass is 16.1. The summed E-state index contributed by atoms with van der Waals surface area (Å²) in [6.45, 7) is 7.11. The maximum atomic E-state index is 11.1. The van der Waals surface area contributed by atoms with E-state index in [1.165, 1.54) is 6.92 Å². The molecule has 0 heterocycles. The molecule has 0 aromatic heterocycles. The molecule has 0 aliphatic rings. The first-order chi connectivity index (χ1) is 6.06. The third-order valence-corrected chi connectivity index (χ3v) is 2.04. The maximum absolute atomic E-state index is 11.1. The molecule has 0 saturated heterocycles. The summed E-state index contributed by atoms with van der Waals surface area (Å²) in [5, 5.41) is 0. The van der Waals surface area contributed by atoms with Gasteiger partial charge in [0.25, 0.3) is 0 Å². The highest BCUT2D eigenvalue weighted by molar-refractivity contribution is 5.99. The Kier molecular flexibility index (Phi) is 2.52. The molecule has 2 N–H and O–H groups in total. The van der Waals surface area contributed by atoms with E-state index in [4.69, 9.17) is 5.73 Å². The van der Waals surface area contributed by atoms with E-state index in [1.807, 2.05) is 6.92 Å². The van der Waals surface area contributed by atoms with Crippen LogP contribution in [-0.2, 0) is 0 Å². The number of aryl methyl sites for hydroxylation is 1. The number of anilines is 1. The molecule has 0 saturated carbocycles. The van der Waals surface area contributed by atoms with Crippen molar-refractivity contribution in [2.45, 2.75) is 13.8 Å². The number of nitrogen functional groups attached to an aromatic ring is 1. The minimum absolute atomic E-state index is 0.00351. The van der Waals surface area contributed by atoms with Crippen LogP contribution < -0.4 is 5.73 Å². The number of rotatable bonds is 2. The van der Waals surface area contributed by atoms with Gasteiger partial charge in [0.2, 0.25) is 0 Å². The van der Waals surface area contributed by atoms with E-state index in [1.54, 1.807) is 18.2 Å². The molecular weight excluding hydrogens is 162 g/mol. The summed E-state index contributed by atoms with van der Waals surface area (Å²) in [4.78, 5) is 11.1. The molecule has 1 aromatic carbocycles. The second-order valence-electron chi connectivity index (χ2n) is 3.06. The van der Waals surface area contributed by atoms with Crippen LogP contribution in [-0.4, -0.2) is 5.78 Å². The Morgan fingerprint density at radius 1 is 1.54 bits per heavy atom. The number of carbonyl (C=O) groups is 1. The predicted molar refractivity (Wildman–Crippen MR) is 55.7 cm³/mol. The molecule has 0 aliphatic heterocycles. The summed E-state index contributed by atoms with van der Waals surface area (Å²) in [6, 6.07) is 3.58. The Labute approximate surface area is 78.1 Å². The quantitative estimate of drug-likeness (QED) is 0.554. The minimum Gasteiger partial charge on any atom is -0.398 e. The zero-order valence-corrected chi connectivity index (χ0v) is 7.92. The average Bonchev–Trinajstić information content (AvgIpc) is 2.07. The standard InChI is InChI=1S/C11H13NO/c1-4-9-6-11(12)10(8(3)13)5-7(9)2/h4-6H,1,12H2,2-3H3. The Bertz CT molecular complexity index is 367. The van der Waals surface area contributed by atoms with Crippen LogP contribution in [0.15, 0.2) is 18.7 Å². The van der Waals surface area contributed by atoms with Gasteiger partial charge in [0.15, 0.2) is 5.78 Å². The fourth-order valence-electron chi connectivity index (χ4n) is 1.27. The third kappa shape index (κ3) is 1.78. The van der Waals surface area contributed by atoms with Crippen molar-refractivity contribution in [1.29, 1.82) is 0 Å². The SMILES string of the molecule is C=Cc1cc(N)c(C(C)=O)cc1C. The summed E-state index contributed by atoms with van der Waals surface area (Å²) < 4.78 is 0. The second-order valence-corrected chi connectivity index (χ2v) is 3.06. The van der Waals surface area contributed by atoms with Gasteiger partial charge in [-0.05, 0) is 37.1 Å². The summed E-state index contributed by atoms with van der Waals surface area (Å²) in [5.41, 5.74) is 8.80. The van der Waals surface area contributed by atoms with Crippen molar-refractivity contribution in [3.63, 3.8) is 0 Å². The molecule has 68 valence electrons. The summed E-state index contributed by atoms with van der Waals surface area (Å²) in [5.74, 6) is -0.00351. The average molecular weight is 175 g/mol. The van der Waals surface area contributed by atoms with Gasteiger partial charge in [-0.1, -0.05) is 12.7 Å². The van der Waals surface area contributed by atoms with Gasteiger partial charge >= 0.3 is 0 Å². The van der Waals surface area contributed by atoms with Crippen molar-refractivity contribution in [1.82, 2.24) is 0 Å². The number of hydrogen-bond donors (Lipinski definition) is 1. The molecule has 0 fully saturated rings. The lowest BCUT2D eigenvalue weighted by Gasteiger charge is -2.06. The Morgan fingerprint density at radius 2 is 2.15 bits per heavy atom. The number of carbonyl (C=O) groups excluding carboxylic acids is 1. The summed E-state index contributed by atoms with van der Waals surface area (Å²) in [7, 11) is 0. The molecule has 0 bridgehead atoms. The van der Waals surface area contributed by atoms with Gasteiger partial charge < -0.3 is 5.73 Å². The Hall–Kier alpha value is -1.57. The molecule has 1 aromatic rings. The van der Waals surface area contributed by atoms with Crippen LogP contribution in [0.1, 0.15) is 28.4 Å². The molecule has 2 heteroatoms. The lowest BCUT2D eigenvalue weighted by Crippen LogP contribution is -2.01. The number of Topliss-reactive ketones (excluding diaryl/α,β-unsaturated/α-hetero) is 1. The smallest absolute Gasteiger partial charge is 0.161 e. The lowest BCUT2D eigenvalue weighted by molar-refractivity contribution is 0.101. The van der Waals surface area contributed by atoms with Gasteiger partial charge in [-0.25, -0.2) is 0 Å². The second kappa shape index (κ2) is 3.44. The molecule has 0 unspecified atom stereocenters. The zero-order valence-electron chi connectivity index (χ0n) is 7.92. The van der Waals surface area contributed by atoms with Crippen LogP contribution >= 0.6 is 0 Å². The van der Waals surface area contributed by atoms with Gasteiger partial charge in [0.1, 0.15) is 0 Å². The predicted octanol–water partition coefficient (Wildman–Crippen LogP) is 2.42. The fourth-order valence-corrected chi connectivity index (χ4v) is 1.27. The fraction of sp³-hybridized carbons (Fsp3) is 0.182. The number of ketones is 1. The van der Waals surface area contributed by atoms with Crippen LogP contribution in [0.4, 0.5) is 5.69 Å². The van der Waals surface area contributed by atoms with Crippen molar-refractivity contribution in [3.05, 3.63) is 35.4 Å². The van der Waals surface area contributed by atoms with E-state index >= 15 is 0 Å². The zero-order chi connectivity index (χ0) is 10.0. The monoisotopic (exact) mass is 175 g/mol. The van der Waals surface area contributed by atoms with E-state index in [0.29, 0.717) is 11.3 Å². The molecular formula is C11H13NO. The highest BCUT2D eigenvalue weighted by Gasteiger charge is 2.06. The van der Waals surface area contributed by atoms with Crippen molar-refractivity contribution in [3.8, 4) is 0 Å². The topological polar surface area (TPSA) is 43.1 Å². The first-order valence-electron chi connectivity index (χ1n) is 4.09. The van der Waals surface area contributed by atoms with Gasteiger partial charge in [0.05, 0.1) is 0 Å². The first kappa shape index (κ1) is 9.52. The summed E-state index contributed by atoms with van der Waals surface area (Å²) in [6.07, 6.45) is 1.73.